The molecule has 0 radical (unpaired) electrons. The van der Waals surface area contributed by atoms with Gasteiger partial charge in [-0.1, -0.05) is 18.2 Å². The second-order valence-electron chi connectivity index (χ2n) is 8.42. The zero-order chi connectivity index (χ0) is 30.1. The van der Waals surface area contributed by atoms with Crippen LogP contribution in [-0.2, 0) is 18.7 Å². The van der Waals surface area contributed by atoms with Crippen LogP contribution in [0.1, 0.15) is 16.7 Å². The Kier molecular flexibility index (Phi) is 8.58. The largest absolute Gasteiger partial charge is 0.489 e. The molecule has 40 heavy (non-hydrogen) atoms. The Balaban J connectivity index is 1.97. The van der Waals surface area contributed by atoms with Gasteiger partial charge in [-0.2, -0.15) is 48.3 Å². The molecule has 0 spiro atoms. The molecule has 0 saturated heterocycles. The first-order chi connectivity index (χ1) is 18.3. The highest BCUT2D eigenvalue weighted by Gasteiger charge is 2.58. The maximum Gasteiger partial charge on any atom is 0.458 e. The van der Waals surface area contributed by atoms with Crippen molar-refractivity contribution in [2.75, 3.05) is 11.4 Å². The fourth-order valence-corrected chi connectivity index (χ4v) is 3.47. The van der Waals surface area contributed by atoms with Gasteiger partial charge in [0, 0.05) is 23.0 Å². The highest BCUT2D eigenvalue weighted by Crippen LogP contribution is 2.45. The second-order valence-corrected chi connectivity index (χ2v) is 8.42. The second kappa shape index (κ2) is 11.1. The minimum atomic E-state index is -6.02. The lowest BCUT2D eigenvalue weighted by Crippen LogP contribution is -2.39. The summed E-state index contributed by atoms with van der Waals surface area (Å²) < 4.78 is 164. The minimum absolute atomic E-state index is 0.196. The summed E-state index contributed by atoms with van der Waals surface area (Å²) in [6, 6.07) is 8.51. The average molecular weight is 591 g/mol. The van der Waals surface area contributed by atoms with Gasteiger partial charge in [0.1, 0.15) is 18.2 Å². The number of nitrogens with zero attached hydrogens (tertiary/aromatic N) is 1. The van der Waals surface area contributed by atoms with Crippen LogP contribution < -0.4 is 9.64 Å². The quantitative estimate of drug-likeness (QED) is 0.269. The Hall–Kier alpha value is -3.62. The van der Waals surface area contributed by atoms with E-state index in [4.69, 9.17) is 4.74 Å². The molecule has 0 bridgehead atoms. The topological polar surface area (TPSA) is 32.7 Å². The average Bonchev–Trinajstić information content (AvgIpc) is 2.84. The summed E-state index contributed by atoms with van der Waals surface area (Å²) >= 11 is 0. The van der Waals surface area contributed by atoms with Gasteiger partial charge in [-0.05, 0) is 48.0 Å². The normalized spacial score (nSPS) is 13.7. The van der Waals surface area contributed by atoms with Crippen molar-refractivity contribution in [3.05, 3.63) is 89.2 Å². The van der Waals surface area contributed by atoms with E-state index in [9.17, 15) is 57.8 Å². The predicted octanol–water partition coefficient (Wildman–Crippen LogP) is 8.14. The maximum absolute atomic E-state index is 13.9. The van der Waals surface area contributed by atoms with Gasteiger partial charge >= 0.3 is 24.5 Å². The Labute approximate surface area is 218 Å². The summed E-state index contributed by atoms with van der Waals surface area (Å²) in [6.45, 7) is -1.98. The third-order valence-corrected chi connectivity index (χ3v) is 5.43. The number of alkyl halides is 11. The molecule has 0 aliphatic carbocycles. The highest BCUT2D eigenvalue weighted by molar-refractivity contribution is 5.65. The number of rotatable bonds is 8. The number of aliphatic hydroxyl groups excluding tert-OH is 1. The van der Waals surface area contributed by atoms with Gasteiger partial charge in [0.15, 0.2) is 6.10 Å². The van der Waals surface area contributed by atoms with E-state index < -0.39 is 66.3 Å². The van der Waals surface area contributed by atoms with Crippen LogP contribution in [-0.4, -0.2) is 30.1 Å². The molecule has 3 nitrogen and oxygen atoms in total. The van der Waals surface area contributed by atoms with Crippen LogP contribution >= 0.6 is 0 Å². The van der Waals surface area contributed by atoms with Crippen LogP contribution in [0.25, 0.3) is 0 Å². The van der Waals surface area contributed by atoms with E-state index in [-0.39, 0.29) is 23.1 Å². The number of anilines is 2. The molecule has 1 unspecified atom stereocenters. The predicted molar refractivity (Wildman–Crippen MR) is 118 cm³/mol. The molecule has 218 valence electrons. The number of aliphatic hydroxyl groups is 1. The molecule has 1 N–H and O–H groups in total. The van der Waals surface area contributed by atoms with Crippen LogP contribution in [0.15, 0.2) is 66.7 Å². The summed E-state index contributed by atoms with van der Waals surface area (Å²) in [7, 11) is 0. The molecule has 0 aliphatic rings. The standard InChI is InChI=1S/C25H17F12NO2/c26-17-8-14(7-16(9-17)23(29,30)31)13-40-20-6-2-5-19(11-20)38(12-21(39)24(32,33)34)18-4-1-3-15(10-18)22(27,28)25(35,36)37/h1-11,21,39H,12-13H2. The van der Waals surface area contributed by atoms with Crippen molar-refractivity contribution in [1.82, 2.24) is 0 Å². The van der Waals surface area contributed by atoms with Crippen LogP contribution in [0.5, 0.6) is 5.75 Å². The SMILES string of the molecule is OC(CN(c1cccc(OCc2cc(F)cc(C(F)(F)F)c2)c1)c1cccc(C(F)(F)C(F)(F)F)c1)C(F)(F)F. The van der Waals surface area contributed by atoms with Gasteiger partial charge in [0.05, 0.1) is 12.1 Å². The van der Waals surface area contributed by atoms with Gasteiger partial charge in [-0.3, -0.25) is 0 Å². The van der Waals surface area contributed by atoms with E-state index in [2.05, 4.69) is 0 Å². The third kappa shape index (κ3) is 7.31. The Morgan fingerprint density at radius 3 is 1.90 bits per heavy atom. The van der Waals surface area contributed by atoms with Crippen molar-refractivity contribution < 1.29 is 62.5 Å². The lowest BCUT2D eigenvalue weighted by Gasteiger charge is -2.30. The Morgan fingerprint density at radius 2 is 1.32 bits per heavy atom. The first-order valence-electron chi connectivity index (χ1n) is 11.0. The van der Waals surface area contributed by atoms with E-state index in [1.165, 1.54) is 12.1 Å². The zero-order valence-corrected chi connectivity index (χ0v) is 19.7. The molecule has 0 aromatic heterocycles. The molecule has 3 aromatic carbocycles. The molecule has 1 atom stereocenters. The number of benzene rings is 3. The first kappa shape index (κ1) is 30.9. The third-order valence-electron chi connectivity index (χ3n) is 5.43. The van der Waals surface area contributed by atoms with E-state index in [1.807, 2.05) is 0 Å². The Bertz CT molecular complexity index is 1320. The lowest BCUT2D eigenvalue weighted by atomic mass is 10.1. The minimum Gasteiger partial charge on any atom is -0.489 e. The molecular formula is C25H17F12NO2. The van der Waals surface area contributed by atoms with Gasteiger partial charge in [-0.15, -0.1) is 0 Å². The Morgan fingerprint density at radius 1 is 0.725 bits per heavy atom. The van der Waals surface area contributed by atoms with Crippen molar-refractivity contribution in [1.29, 1.82) is 0 Å². The van der Waals surface area contributed by atoms with Crippen LogP contribution in [0.3, 0.4) is 0 Å². The molecule has 0 saturated carbocycles. The van der Waals surface area contributed by atoms with Gasteiger partial charge in [-0.25, -0.2) is 4.39 Å². The summed E-state index contributed by atoms with van der Waals surface area (Å²) in [6.07, 6.45) is -19.2. The van der Waals surface area contributed by atoms with Crippen molar-refractivity contribution in [2.24, 2.45) is 0 Å². The van der Waals surface area contributed by atoms with Gasteiger partial charge < -0.3 is 14.7 Å². The van der Waals surface area contributed by atoms with Crippen LogP contribution in [0.2, 0.25) is 0 Å². The van der Waals surface area contributed by atoms with E-state index in [0.717, 1.165) is 30.3 Å². The fourth-order valence-electron chi connectivity index (χ4n) is 3.47. The molecule has 0 fully saturated rings. The van der Waals surface area contributed by atoms with Gasteiger partial charge in [0.25, 0.3) is 0 Å². The summed E-state index contributed by atoms with van der Waals surface area (Å²) in [5.74, 6) is -6.77. The van der Waals surface area contributed by atoms with Crippen LogP contribution in [0, 0.1) is 5.82 Å². The lowest BCUT2D eigenvalue weighted by molar-refractivity contribution is -0.289. The smallest absolute Gasteiger partial charge is 0.458 e. The van der Waals surface area contributed by atoms with Crippen molar-refractivity contribution in [2.45, 2.75) is 37.2 Å². The summed E-state index contributed by atoms with van der Waals surface area (Å²) in [4.78, 5) is 0.602. The van der Waals surface area contributed by atoms with Crippen molar-refractivity contribution >= 4 is 11.4 Å². The molecule has 15 heteroatoms. The van der Waals surface area contributed by atoms with Crippen LogP contribution in [0.4, 0.5) is 64.1 Å². The molecule has 3 aromatic rings. The molecule has 0 aliphatic heterocycles. The molecular weight excluding hydrogens is 574 g/mol. The highest BCUT2D eigenvalue weighted by atomic mass is 19.4. The molecule has 0 heterocycles. The van der Waals surface area contributed by atoms with Crippen molar-refractivity contribution in [3.63, 3.8) is 0 Å². The monoisotopic (exact) mass is 591 g/mol. The van der Waals surface area contributed by atoms with Gasteiger partial charge in [0.2, 0.25) is 0 Å². The van der Waals surface area contributed by atoms with Crippen molar-refractivity contribution in [3.8, 4) is 5.75 Å². The number of ether oxygens (including phenoxy) is 1. The fraction of sp³-hybridized carbons (Fsp3) is 0.280. The zero-order valence-electron chi connectivity index (χ0n) is 19.7. The summed E-state index contributed by atoms with van der Waals surface area (Å²) in [5.41, 5.74) is -4.00. The number of halogens is 12. The number of hydrogen-bond acceptors (Lipinski definition) is 3. The first-order valence-corrected chi connectivity index (χ1v) is 11.0. The van der Waals surface area contributed by atoms with E-state index in [1.54, 1.807) is 0 Å². The van der Waals surface area contributed by atoms with E-state index in [0.29, 0.717) is 23.1 Å². The molecule has 3 rings (SSSR count). The number of hydrogen-bond donors (Lipinski definition) is 1. The summed E-state index contributed by atoms with van der Waals surface area (Å²) in [5, 5.41) is 9.62. The van der Waals surface area contributed by atoms with E-state index >= 15 is 0 Å². The maximum atomic E-state index is 13.9. The molecule has 0 amide bonds.